The summed E-state index contributed by atoms with van der Waals surface area (Å²) in [5, 5.41) is 10.2. The van der Waals surface area contributed by atoms with Gasteiger partial charge in [-0.2, -0.15) is 0 Å². The molecular weight excluding hydrogens is 284 g/mol. The fraction of sp³-hybridized carbons (Fsp3) is 0.333. The number of hydrogen-bond acceptors (Lipinski definition) is 5. The van der Waals surface area contributed by atoms with E-state index in [0.29, 0.717) is 0 Å². The predicted molar refractivity (Wildman–Crippen MR) is 84.1 cm³/mol. The molecule has 0 amide bonds. The maximum absolute atomic E-state index is 6.21. The van der Waals surface area contributed by atoms with Crippen LogP contribution in [0, 0.1) is 0 Å². The highest BCUT2D eigenvalue weighted by Crippen LogP contribution is 2.28. The molecule has 0 unspecified atom stereocenters. The molecule has 2 aromatic heterocycles. The van der Waals surface area contributed by atoms with Gasteiger partial charge in [-0.25, -0.2) is 0 Å². The second-order valence-corrected chi connectivity index (χ2v) is 6.03. The summed E-state index contributed by atoms with van der Waals surface area (Å²) in [6.07, 6.45) is 4.26. The first-order valence-corrected chi connectivity index (χ1v) is 8.02. The summed E-state index contributed by atoms with van der Waals surface area (Å²) < 4.78 is 6.21. The molecule has 5 nitrogen and oxygen atoms in total. The number of nitrogens with zero attached hydrogens (tertiary/aromatic N) is 3. The molecule has 4 rings (SSSR count). The number of rotatable bonds is 3. The quantitative estimate of drug-likeness (QED) is 0.807. The van der Waals surface area contributed by atoms with Crippen LogP contribution in [0.3, 0.4) is 0 Å². The highest BCUT2D eigenvalue weighted by molar-refractivity contribution is 7.13. The van der Waals surface area contributed by atoms with Crippen molar-refractivity contribution in [1.29, 1.82) is 0 Å². The molecule has 0 aliphatic carbocycles. The molecule has 0 bridgehead atoms. The van der Waals surface area contributed by atoms with Crippen molar-refractivity contribution in [3.05, 3.63) is 36.0 Å². The van der Waals surface area contributed by atoms with E-state index in [1.54, 1.807) is 16.8 Å². The molecule has 21 heavy (non-hydrogen) atoms. The summed E-state index contributed by atoms with van der Waals surface area (Å²) in [4.78, 5) is 5.51. The molecule has 1 saturated heterocycles. The summed E-state index contributed by atoms with van der Waals surface area (Å²) in [5.41, 5.74) is 2.91. The van der Waals surface area contributed by atoms with Gasteiger partial charge in [0.15, 0.2) is 0 Å². The van der Waals surface area contributed by atoms with E-state index in [0.717, 1.165) is 47.7 Å². The minimum absolute atomic E-state index is 0.273. The molecule has 1 aromatic carbocycles. The van der Waals surface area contributed by atoms with Gasteiger partial charge in [-0.1, -0.05) is 17.4 Å². The van der Waals surface area contributed by atoms with E-state index in [2.05, 4.69) is 32.2 Å². The minimum atomic E-state index is 0.273. The number of benzene rings is 1. The van der Waals surface area contributed by atoms with Crippen LogP contribution in [0.5, 0.6) is 5.75 Å². The van der Waals surface area contributed by atoms with Gasteiger partial charge in [-0.05, 0) is 18.2 Å². The van der Waals surface area contributed by atoms with Crippen LogP contribution in [0.15, 0.2) is 36.0 Å². The second kappa shape index (κ2) is 5.37. The van der Waals surface area contributed by atoms with Crippen molar-refractivity contribution in [2.75, 3.05) is 18.0 Å². The van der Waals surface area contributed by atoms with Crippen LogP contribution in [0.25, 0.3) is 10.9 Å². The smallest absolute Gasteiger partial charge is 0.208 e. The number of ether oxygens (including phenoxy) is 1. The van der Waals surface area contributed by atoms with Crippen molar-refractivity contribution in [3.63, 3.8) is 0 Å². The topological polar surface area (TPSA) is 54.0 Å². The molecule has 1 aliphatic rings. The number of aromatic nitrogens is 3. The highest BCUT2D eigenvalue weighted by atomic mass is 32.1. The van der Waals surface area contributed by atoms with Crippen molar-refractivity contribution in [2.45, 2.75) is 18.9 Å². The van der Waals surface area contributed by atoms with Crippen LogP contribution in [0.4, 0.5) is 5.13 Å². The van der Waals surface area contributed by atoms with Gasteiger partial charge in [0.05, 0.1) is 0 Å². The zero-order chi connectivity index (χ0) is 14.1. The Labute approximate surface area is 126 Å². The molecule has 0 spiro atoms. The van der Waals surface area contributed by atoms with Gasteiger partial charge in [-0.3, -0.25) is 0 Å². The van der Waals surface area contributed by atoms with Gasteiger partial charge in [0.2, 0.25) is 5.13 Å². The summed E-state index contributed by atoms with van der Waals surface area (Å²) in [6, 6.07) is 8.22. The van der Waals surface area contributed by atoms with Crippen LogP contribution < -0.4 is 9.64 Å². The number of aromatic amines is 1. The average Bonchev–Trinajstić information content (AvgIpc) is 3.20. The molecule has 3 heterocycles. The molecule has 1 fully saturated rings. The molecule has 6 heteroatoms. The van der Waals surface area contributed by atoms with Crippen LogP contribution in [0.2, 0.25) is 0 Å². The third kappa shape index (κ3) is 2.47. The average molecular weight is 300 g/mol. The zero-order valence-corrected chi connectivity index (χ0v) is 12.3. The van der Waals surface area contributed by atoms with Gasteiger partial charge in [0, 0.05) is 43.0 Å². The summed E-state index contributed by atoms with van der Waals surface area (Å²) in [7, 11) is 0. The first-order valence-electron chi connectivity index (χ1n) is 7.14. The summed E-state index contributed by atoms with van der Waals surface area (Å²) in [6.45, 7) is 1.95. The van der Waals surface area contributed by atoms with Gasteiger partial charge in [0.25, 0.3) is 0 Å². The van der Waals surface area contributed by atoms with Gasteiger partial charge < -0.3 is 14.6 Å². The molecular formula is C15H16N4OS. The number of hydrogen-bond donors (Lipinski definition) is 1. The van der Waals surface area contributed by atoms with Crippen molar-refractivity contribution >= 4 is 27.4 Å². The molecule has 0 radical (unpaired) electrons. The zero-order valence-electron chi connectivity index (χ0n) is 11.5. The van der Waals surface area contributed by atoms with Crippen LogP contribution in [0.1, 0.15) is 12.8 Å². The highest BCUT2D eigenvalue weighted by Gasteiger charge is 2.22. The van der Waals surface area contributed by atoms with E-state index in [1.165, 1.54) is 0 Å². The SMILES string of the molecule is c1cc(OC2CCN(c3nncs3)CC2)c2cc[nH]c2c1. The van der Waals surface area contributed by atoms with E-state index in [4.69, 9.17) is 4.74 Å². The Morgan fingerprint density at radius 1 is 1.24 bits per heavy atom. The predicted octanol–water partition coefficient (Wildman–Crippen LogP) is 3.07. The van der Waals surface area contributed by atoms with E-state index in [1.807, 2.05) is 18.3 Å². The fourth-order valence-electron chi connectivity index (χ4n) is 2.81. The largest absolute Gasteiger partial charge is 0.490 e. The summed E-state index contributed by atoms with van der Waals surface area (Å²) in [5.74, 6) is 0.975. The normalized spacial score (nSPS) is 16.5. The lowest BCUT2D eigenvalue weighted by molar-refractivity contribution is 0.173. The maximum Gasteiger partial charge on any atom is 0.208 e. The van der Waals surface area contributed by atoms with Gasteiger partial charge >= 0.3 is 0 Å². The summed E-state index contributed by atoms with van der Waals surface area (Å²) >= 11 is 1.60. The van der Waals surface area contributed by atoms with Crippen molar-refractivity contribution < 1.29 is 4.74 Å². The van der Waals surface area contributed by atoms with E-state index < -0.39 is 0 Å². The monoisotopic (exact) mass is 300 g/mol. The maximum atomic E-state index is 6.21. The standard InChI is InChI=1S/C15H16N4OS/c1-2-13-12(4-7-16-13)14(3-1)20-11-5-8-19(9-6-11)15-18-17-10-21-15/h1-4,7,10-11,16H,5-6,8-9H2. The van der Waals surface area contributed by atoms with Crippen LogP contribution >= 0.6 is 11.3 Å². The second-order valence-electron chi connectivity index (χ2n) is 5.22. The molecule has 108 valence electrons. The Hall–Kier alpha value is -2.08. The van der Waals surface area contributed by atoms with Crippen molar-refractivity contribution in [2.24, 2.45) is 0 Å². The Balaban J connectivity index is 1.44. The molecule has 1 N–H and O–H groups in total. The Kier molecular flexibility index (Phi) is 3.23. The molecule has 0 saturated carbocycles. The van der Waals surface area contributed by atoms with Crippen LogP contribution in [-0.4, -0.2) is 34.4 Å². The molecule has 0 atom stereocenters. The van der Waals surface area contributed by atoms with Gasteiger partial charge in [0.1, 0.15) is 17.4 Å². The van der Waals surface area contributed by atoms with E-state index >= 15 is 0 Å². The fourth-order valence-corrected chi connectivity index (χ4v) is 3.42. The lowest BCUT2D eigenvalue weighted by atomic mass is 10.1. The Morgan fingerprint density at radius 3 is 2.95 bits per heavy atom. The van der Waals surface area contributed by atoms with Gasteiger partial charge in [-0.15, -0.1) is 10.2 Å². The van der Waals surface area contributed by atoms with Crippen molar-refractivity contribution in [3.8, 4) is 5.75 Å². The minimum Gasteiger partial charge on any atom is -0.490 e. The first kappa shape index (κ1) is 12.6. The molecule has 1 aliphatic heterocycles. The van der Waals surface area contributed by atoms with E-state index in [9.17, 15) is 0 Å². The first-order chi connectivity index (χ1) is 10.4. The Bertz CT molecular complexity index is 716. The lowest BCUT2D eigenvalue weighted by Crippen LogP contribution is -2.38. The third-order valence-electron chi connectivity index (χ3n) is 3.91. The lowest BCUT2D eigenvalue weighted by Gasteiger charge is -2.31. The number of H-pyrrole nitrogens is 1. The molecule has 3 aromatic rings. The third-order valence-corrected chi connectivity index (χ3v) is 4.66. The number of anilines is 1. The Morgan fingerprint density at radius 2 is 2.14 bits per heavy atom. The van der Waals surface area contributed by atoms with Crippen molar-refractivity contribution in [1.82, 2.24) is 15.2 Å². The van der Waals surface area contributed by atoms with E-state index in [-0.39, 0.29) is 6.10 Å². The number of piperidine rings is 1. The van der Waals surface area contributed by atoms with Crippen LogP contribution in [-0.2, 0) is 0 Å². The number of nitrogens with one attached hydrogen (secondary N) is 1. The number of fused-ring (bicyclic) bond motifs is 1.